The standard InChI is InChI=1S/C19H28N2O3/c1-18-7-5-12(22)9-11(18)3-4-13-14(18)6-8-19(2)15(13)10-16(20-23)17(19)21-24/h3,12-15,22-24H,4-10H2,1-2H3/b20-16+,21-17+/t12-,13+,14-,15-,18-,19-/m0/s1. The molecule has 0 bridgehead atoms. The van der Waals surface area contributed by atoms with Crippen molar-refractivity contribution in [2.45, 2.75) is 64.9 Å². The largest absolute Gasteiger partial charge is 0.411 e. The highest BCUT2D eigenvalue weighted by atomic mass is 16.4. The highest BCUT2D eigenvalue weighted by molar-refractivity contribution is 6.46. The van der Waals surface area contributed by atoms with Crippen LogP contribution in [0.3, 0.4) is 0 Å². The van der Waals surface area contributed by atoms with Crippen LogP contribution in [0.25, 0.3) is 0 Å². The van der Waals surface area contributed by atoms with Gasteiger partial charge in [-0.1, -0.05) is 35.8 Å². The minimum atomic E-state index is -0.187. The molecule has 0 aliphatic heterocycles. The molecule has 0 aromatic carbocycles. The van der Waals surface area contributed by atoms with Crippen molar-refractivity contribution in [2.24, 2.45) is 38.9 Å². The van der Waals surface area contributed by atoms with Crippen LogP contribution >= 0.6 is 0 Å². The summed E-state index contributed by atoms with van der Waals surface area (Å²) in [6.07, 6.45) is 8.80. The summed E-state index contributed by atoms with van der Waals surface area (Å²) in [5.41, 5.74) is 2.61. The molecule has 0 aromatic rings. The van der Waals surface area contributed by atoms with Crippen LogP contribution in [0.5, 0.6) is 0 Å². The molecule has 5 nitrogen and oxygen atoms in total. The van der Waals surface area contributed by atoms with Crippen LogP contribution in [0.2, 0.25) is 0 Å². The number of hydrogen-bond acceptors (Lipinski definition) is 5. The number of aliphatic hydroxyl groups is 1. The lowest BCUT2D eigenvalue weighted by atomic mass is 9.48. The van der Waals surface area contributed by atoms with Crippen LogP contribution in [0.4, 0.5) is 0 Å². The molecule has 0 unspecified atom stereocenters. The maximum absolute atomic E-state index is 10.1. The van der Waals surface area contributed by atoms with Gasteiger partial charge in [0.25, 0.3) is 0 Å². The van der Waals surface area contributed by atoms with E-state index >= 15 is 0 Å². The zero-order valence-electron chi connectivity index (χ0n) is 14.6. The number of rotatable bonds is 0. The quantitative estimate of drug-likeness (QED) is 0.360. The molecular weight excluding hydrogens is 304 g/mol. The number of allylic oxidation sites excluding steroid dienone is 1. The topological polar surface area (TPSA) is 85.4 Å². The van der Waals surface area contributed by atoms with E-state index in [1.54, 1.807) is 0 Å². The Bertz CT molecular complexity index is 641. The summed E-state index contributed by atoms with van der Waals surface area (Å²) in [4.78, 5) is 0. The van der Waals surface area contributed by atoms with E-state index in [-0.39, 0.29) is 16.9 Å². The Morgan fingerprint density at radius 2 is 1.75 bits per heavy atom. The van der Waals surface area contributed by atoms with E-state index in [1.807, 2.05) is 0 Å². The number of nitrogens with zero attached hydrogens (tertiary/aromatic N) is 2. The molecule has 0 saturated heterocycles. The second kappa shape index (κ2) is 5.32. The molecule has 6 atom stereocenters. The van der Waals surface area contributed by atoms with E-state index in [0.717, 1.165) is 38.5 Å². The lowest BCUT2D eigenvalue weighted by Crippen LogP contribution is -2.50. The van der Waals surface area contributed by atoms with Gasteiger partial charge in [0.2, 0.25) is 0 Å². The lowest BCUT2D eigenvalue weighted by Gasteiger charge is -2.56. The fourth-order valence-corrected chi connectivity index (χ4v) is 6.53. The van der Waals surface area contributed by atoms with Gasteiger partial charge in [-0.05, 0) is 68.1 Å². The van der Waals surface area contributed by atoms with Crippen LogP contribution < -0.4 is 0 Å². The van der Waals surface area contributed by atoms with Crippen LogP contribution in [0, 0.1) is 28.6 Å². The van der Waals surface area contributed by atoms with Gasteiger partial charge in [0.05, 0.1) is 6.10 Å². The highest BCUT2D eigenvalue weighted by Gasteiger charge is 2.59. The van der Waals surface area contributed by atoms with Crippen LogP contribution in [0.15, 0.2) is 22.0 Å². The summed E-state index contributed by atoms with van der Waals surface area (Å²) in [7, 11) is 0. The van der Waals surface area contributed by atoms with Gasteiger partial charge >= 0.3 is 0 Å². The van der Waals surface area contributed by atoms with E-state index < -0.39 is 0 Å². The monoisotopic (exact) mass is 332 g/mol. The summed E-state index contributed by atoms with van der Waals surface area (Å²) >= 11 is 0. The van der Waals surface area contributed by atoms with Crippen molar-refractivity contribution in [1.29, 1.82) is 0 Å². The Morgan fingerprint density at radius 3 is 2.46 bits per heavy atom. The van der Waals surface area contributed by atoms with Gasteiger partial charge in [0.1, 0.15) is 11.4 Å². The SMILES string of the molecule is C[C@]12CC[C@H](O)CC1=CC[C@@H]1[C@@H]2CC[C@]2(C)C(=N/O)/C(=N/O)C[C@@H]12. The van der Waals surface area contributed by atoms with Gasteiger partial charge in [-0.25, -0.2) is 0 Å². The molecule has 3 fully saturated rings. The first-order valence-electron chi connectivity index (χ1n) is 9.25. The van der Waals surface area contributed by atoms with Crippen molar-refractivity contribution in [2.75, 3.05) is 0 Å². The first kappa shape index (κ1) is 16.1. The van der Waals surface area contributed by atoms with Crippen LogP contribution in [-0.2, 0) is 0 Å². The molecule has 0 amide bonds. The average molecular weight is 332 g/mol. The maximum Gasteiger partial charge on any atom is 0.110 e. The Hall–Kier alpha value is -1.36. The smallest absolute Gasteiger partial charge is 0.110 e. The first-order chi connectivity index (χ1) is 11.4. The fraction of sp³-hybridized carbons (Fsp3) is 0.789. The van der Waals surface area contributed by atoms with Gasteiger partial charge < -0.3 is 15.5 Å². The van der Waals surface area contributed by atoms with Gasteiger partial charge in [0, 0.05) is 5.41 Å². The second-order valence-electron chi connectivity index (χ2n) is 8.81. The Balaban J connectivity index is 1.72. The fourth-order valence-electron chi connectivity index (χ4n) is 6.53. The molecule has 5 heteroatoms. The van der Waals surface area contributed by atoms with E-state index in [9.17, 15) is 15.5 Å². The van der Waals surface area contributed by atoms with Crippen molar-refractivity contribution in [3.05, 3.63) is 11.6 Å². The molecule has 132 valence electrons. The molecule has 4 rings (SSSR count). The van der Waals surface area contributed by atoms with Crippen molar-refractivity contribution >= 4 is 11.4 Å². The third kappa shape index (κ3) is 1.97. The van der Waals surface area contributed by atoms with Crippen LogP contribution in [-0.4, -0.2) is 33.0 Å². The molecule has 0 spiro atoms. The average Bonchev–Trinajstić information content (AvgIpc) is 2.87. The Morgan fingerprint density at radius 1 is 1.00 bits per heavy atom. The van der Waals surface area contributed by atoms with Crippen molar-refractivity contribution in [1.82, 2.24) is 0 Å². The number of oxime groups is 2. The summed E-state index contributed by atoms with van der Waals surface area (Å²) in [5.74, 6) is 1.51. The first-order valence-corrected chi connectivity index (χ1v) is 9.25. The molecule has 0 radical (unpaired) electrons. The van der Waals surface area contributed by atoms with Crippen molar-refractivity contribution in [3.8, 4) is 0 Å². The lowest BCUT2D eigenvalue weighted by molar-refractivity contribution is -0.0201. The summed E-state index contributed by atoms with van der Waals surface area (Å²) in [6, 6.07) is 0. The van der Waals surface area contributed by atoms with E-state index in [4.69, 9.17) is 0 Å². The Kier molecular flexibility index (Phi) is 3.57. The molecular formula is C19H28N2O3. The third-order valence-electron chi connectivity index (χ3n) is 7.92. The summed E-state index contributed by atoms with van der Waals surface area (Å²) in [6.45, 7) is 4.56. The van der Waals surface area contributed by atoms with E-state index in [2.05, 4.69) is 30.2 Å². The molecule has 3 N–H and O–H groups in total. The molecule has 4 aliphatic carbocycles. The third-order valence-corrected chi connectivity index (χ3v) is 7.92. The maximum atomic E-state index is 10.1. The van der Waals surface area contributed by atoms with E-state index in [0.29, 0.717) is 35.6 Å². The minimum Gasteiger partial charge on any atom is -0.411 e. The summed E-state index contributed by atoms with van der Waals surface area (Å²) < 4.78 is 0. The van der Waals surface area contributed by atoms with Gasteiger partial charge in [-0.3, -0.25) is 0 Å². The highest BCUT2D eigenvalue weighted by Crippen LogP contribution is 2.63. The normalized spacial score (nSPS) is 51.0. The van der Waals surface area contributed by atoms with Crippen LogP contribution in [0.1, 0.15) is 58.8 Å². The number of aliphatic hydroxyl groups excluding tert-OH is 1. The molecule has 0 heterocycles. The second-order valence-corrected chi connectivity index (χ2v) is 8.81. The van der Waals surface area contributed by atoms with Gasteiger partial charge in [0.15, 0.2) is 0 Å². The minimum absolute atomic E-state index is 0.178. The zero-order valence-corrected chi connectivity index (χ0v) is 14.6. The number of hydrogen-bond donors (Lipinski definition) is 3. The van der Waals surface area contributed by atoms with Crippen molar-refractivity contribution in [3.63, 3.8) is 0 Å². The molecule has 24 heavy (non-hydrogen) atoms. The van der Waals surface area contributed by atoms with Crippen molar-refractivity contribution < 1.29 is 15.5 Å². The Labute approximate surface area is 143 Å². The van der Waals surface area contributed by atoms with Gasteiger partial charge in [-0.2, -0.15) is 0 Å². The molecule has 0 aromatic heterocycles. The number of fused-ring (bicyclic) bond motifs is 5. The predicted molar refractivity (Wildman–Crippen MR) is 91.5 cm³/mol. The zero-order chi connectivity index (χ0) is 17.1. The molecule has 4 aliphatic rings. The summed E-state index contributed by atoms with van der Waals surface area (Å²) in [5, 5.41) is 35.8. The van der Waals surface area contributed by atoms with Gasteiger partial charge in [-0.15, -0.1) is 0 Å². The molecule has 3 saturated carbocycles. The predicted octanol–water partition coefficient (Wildman–Crippen LogP) is 3.58. The van der Waals surface area contributed by atoms with E-state index in [1.165, 1.54) is 5.57 Å².